The Morgan fingerprint density at radius 1 is 1.80 bits per heavy atom. The molecular weight excluding hydrogens is 132 g/mol. The highest BCUT2D eigenvalue weighted by Gasteiger charge is 2.02. The third-order valence-electron chi connectivity index (χ3n) is 1.28. The minimum atomic E-state index is -0.323. The van der Waals surface area contributed by atoms with E-state index in [0.29, 0.717) is 0 Å². The number of nitrogens with one attached hydrogen (secondary N) is 1. The maximum absolute atomic E-state index is 10.4. The molecule has 1 rings (SSSR count). The molecule has 1 aromatic heterocycles. The van der Waals surface area contributed by atoms with Crippen molar-refractivity contribution in [3.63, 3.8) is 0 Å². The van der Waals surface area contributed by atoms with Crippen molar-refractivity contribution < 1.29 is 9.20 Å². The molecule has 0 bridgehead atoms. The summed E-state index contributed by atoms with van der Waals surface area (Å²) < 4.78 is 6.09. The van der Waals surface area contributed by atoms with Gasteiger partial charge in [-0.3, -0.25) is 4.52 Å². The SMILES string of the molecule is CCCC[n+]1cc(=O)o[nH]1. The topological polar surface area (TPSA) is 49.9 Å². The summed E-state index contributed by atoms with van der Waals surface area (Å²) in [4.78, 5) is 10.4. The molecule has 0 saturated heterocycles. The molecule has 10 heavy (non-hydrogen) atoms. The van der Waals surface area contributed by atoms with Crippen molar-refractivity contribution in [3.8, 4) is 0 Å². The van der Waals surface area contributed by atoms with E-state index < -0.39 is 0 Å². The van der Waals surface area contributed by atoms with Gasteiger partial charge in [0.15, 0.2) is 6.54 Å². The molecule has 0 aliphatic carbocycles. The van der Waals surface area contributed by atoms with E-state index in [0.717, 1.165) is 19.4 Å². The zero-order chi connectivity index (χ0) is 7.40. The van der Waals surface area contributed by atoms with Crippen molar-refractivity contribution in [1.29, 1.82) is 0 Å². The van der Waals surface area contributed by atoms with Gasteiger partial charge < -0.3 is 0 Å². The van der Waals surface area contributed by atoms with Gasteiger partial charge in [0.1, 0.15) is 0 Å². The summed E-state index contributed by atoms with van der Waals surface area (Å²) in [5.41, 5.74) is -0.323. The maximum atomic E-state index is 10.4. The lowest BCUT2D eigenvalue weighted by Gasteiger charge is -1.84. The molecule has 0 aliphatic heterocycles. The monoisotopic (exact) mass is 143 g/mol. The van der Waals surface area contributed by atoms with Crippen molar-refractivity contribution in [2.24, 2.45) is 0 Å². The molecule has 0 atom stereocenters. The number of H-pyrrole nitrogens is 1. The zero-order valence-corrected chi connectivity index (χ0v) is 5.96. The summed E-state index contributed by atoms with van der Waals surface area (Å²) in [6, 6.07) is 0. The fourth-order valence-corrected chi connectivity index (χ4v) is 0.722. The Bertz CT molecular complexity index is 238. The van der Waals surface area contributed by atoms with Gasteiger partial charge in [-0.2, -0.15) is 0 Å². The summed E-state index contributed by atoms with van der Waals surface area (Å²) in [6.07, 6.45) is 3.58. The molecule has 0 saturated carbocycles. The molecule has 56 valence electrons. The molecule has 0 amide bonds. The Labute approximate surface area is 58.4 Å². The molecule has 4 nitrogen and oxygen atoms in total. The van der Waals surface area contributed by atoms with Gasteiger partial charge in [-0.15, -0.1) is 0 Å². The van der Waals surface area contributed by atoms with Crippen LogP contribution >= 0.6 is 0 Å². The second-order valence-corrected chi connectivity index (χ2v) is 2.19. The van der Waals surface area contributed by atoms with E-state index in [1.54, 1.807) is 4.68 Å². The maximum Gasteiger partial charge on any atom is 0.426 e. The van der Waals surface area contributed by atoms with Gasteiger partial charge in [-0.25, -0.2) is 4.79 Å². The van der Waals surface area contributed by atoms with Crippen LogP contribution in [0.25, 0.3) is 0 Å². The zero-order valence-electron chi connectivity index (χ0n) is 5.96. The van der Waals surface area contributed by atoms with E-state index in [1.807, 2.05) is 0 Å². The van der Waals surface area contributed by atoms with E-state index in [1.165, 1.54) is 6.20 Å². The number of unbranched alkanes of at least 4 members (excludes halogenated alkanes) is 1. The van der Waals surface area contributed by atoms with Crippen LogP contribution in [0.1, 0.15) is 19.8 Å². The van der Waals surface area contributed by atoms with Crippen LogP contribution in [0.15, 0.2) is 15.5 Å². The van der Waals surface area contributed by atoms with Crippen LogP contribution in [-0.2, 0) is 6.54 Å². The standard InChI is InChI=1S/C6H10N2O2/c1-2-3-4-8-5-6(9)10-7-8/h5H,2-4H2,1H3/p+1. The van der Waals surface area contributed by atoms with Gasteiger partial charge in [0.2, 0.25) is 0 Å². The van der Waals surface area contributed by atoms with Crippen LogP contribution in [0, 0.1) is 0 Å². The molecule has 0 fully saturated rings. The first-order valence-electron chi connectivity index (χ1n) is 3.41. The summed E-state index contributed by atoms with van der Waals surface area (Å²) in [5.74, 6) is 0. The van der Waals surface area contributed by atoms with Crippen LogP contribution < -0.4 is 10.3 Å². The fourth-order valence-electron chi connectivity index (χ4n) is 0.722. The summed E-state index contributed by atoms with van der Waals surface area (Å²) >= 11 is 0. The van der Waals surface area contributed by atoms with Crippen molar-refractivity contribution in [3.05, 3.63) is 16.6 Å². The Morgan fingerprint density at radius 2 is 2.60 bits per heavy atom. The first kappa shape index (κ1) is 7.05. The average molecular weight is 143 g/mol. The molecular formula is C6H11N2O2+. The Kier molecular flexibility index (Phi) is 2.25. The van der Waals surface area contributed by atoms with E-state index in [4.69, 9.17) is 0 Å². The third kappa shape index (κ3) is 1.72. The average Bonchev–Trinajstić information content (AvgIpc) is 2.31. The Hall–Kier alpha value is -1.06. The highest BCUT2D eigenvalue weighted by molar-refractivity contribution is 4.48. The van der Waals surface area contributed by atoms with Crippen LogP contribution in [0.5, 0.6) is 0 Å². The number of rotatable bonds is 3. The predicted octanol–water partition coefficient (Wildman–Crippen LogP) is 0.0555. The van der Waals surface area contributed by atoms with Gasteiger partial charge in [0.05, 0.1) is 0 Å². The van der Waals surface area contributed by atoms with Crippen LogP contribution in [-0.4, -0.2) is 5.27 Å². The Balaban J connectivity index is 2.50. The van der Waals surface area contributed by atoms with E-state index in [-0.39, 0.29) is 5.63 Å². The largest absolute Gasteiger partial charge is 0.426 e. The second kappa shape index (κ2) is 3.20. The van der Waals surface area contributed by atoms with E-state index >= 15 is 0 Å². The molecule has 0 unspecified atom stereocenters. The van der Waals surface area contributed by atoms with Gasteiger partial charge in [-0.05, 0) is 5.27 Å². The highest BCUT2D eigenvalue weighted by atomic mass is 16.5. The molecule has 0 radical (unpaired) electrons. The number of nitrogens with zero attached hydrogens (tertiary/aromatic N) is 1. The van der Waals surface area contributed by atoms with Crippen molar-refractivity contribution >= 4 is 0 Å². The quantitative estimate of drug-likeness (QED) is 0.608. The van der Waals surface area contributed by atoms with E-state index in [9.17, 15) is 4.79 Å². The van der Waals surface area contributed by atoms with Gasteiger partial charge in [0.25, 0.3) is 6.20 Å². The van der Waals surface area contributed by atoms with Gasteiger partial charge >= 0.3 is 5.63 Å². The van der Waals surface area contributed by atoms with E-state index in [2.05, 4.69) is 16.7 Å². The normalized spacial score (nSPS) is 10.1. The van der Waals surface area contributed by atoms with Crippen molar-refractivity contribution in [2.45, 2.75) is 26.3 Å². The van der Waals surface area contributed by atoms with Gasteiger partial charge in [-0.1, -0.05) is 18.0 Å². The number of aryl methyl sites for hydroxylation is 1. The number of aromatic amines is 1. The lowest BCUT2D eigenvalue weighted by Crippen LogP contribution is -2.35. The number of hydrogen-bond donors (Lipinski definition) is 1. The Morgan fingerprint density at radius 3 is 3.10 bits per heavy atom. The predicted molar refractivity (Wildman–Crippen MR) is 34.4 cm³/mol. The van der Waals surface area contributed by atoms with Crippen LogP contribution in [0.4, 0.5) is 0 Å². The van der Waals surface area contributed by atoms with Crippen LogP contribution in [0.3, 0.4) is 0 Å². The first-order chi connectivity index (χ1) is 4.83. The fraction of sp³-hybridized carbons (Fsp3) is 0.667. The number of aromatic nitrogens is 2. The lowest BCUT2D eigenvalue weighted by molar-refractivity contribution is -0.762. The summed E-state index contributed by atoms with van der Waals surface area (Å²) in [7, 11) is 0. The minimum Gasteiger partial charge on any atom is -0.284 e. The lowest BCUT2D eigenvalue weighted by atomic mass is 10.3. The van der Waals surface area contributed by atoms with Crippen molar-refractivity contribution in [1.82, 2.24) is 5.27 Å². The smallest absolute Gasteiger partial charge is 0.284 e. The van der Waals surface area contributed by atoms with Crippen LogP contribution in [0.2, 0.25) is 0 Å². The van der Waals surface area contributed by atoms with Crippen molar-refractivity contribution in [2.75, 3.05) is 0 Å². The number of hydrogen-bond acceptors (Lipinski definition) is 2. The molecule has 0 aliphatic rings. The molecule has 0 aromatic carbocycles. The molecule has 1 N–H and O–H groups in total. The third-order valence-corrected chi connectivity index (χ3v) is 1.28. The first-order valence-corrected chi connectivity index (χ1v) is 3.41. The summed E-state index contributed by atoms with van der Waals surface area (Å²) in [5, 5.41) is 2.47. The van der Waals surface area contributed by atoms with Gasteiger partial charge in [0, 0.05) is 6.42 Å². The highest BCUT2D eigenvalue weighted by Crippen LogP contribution is 1.82. The minimum absolute atomic E-state index is 0.323. The second-order valence-electron chi connectivity index (χ2n) is 2.19. The molecule has 1 heterocycles. The molecule has 1 aromatic rings. The summed E-state index contributed by atoms with van der Waals surface area (Å²) in [6.45, 7) is 2.92. The molecule has 4 heteroatoms. The molecule has 0 spiro atoms.